The number of rotatable bonds is 5. The second-order valence-electron chi connectivity index (χ2n) is 8.86. The summed E-state index contributed by atoms with van der Waals surface area (Å²) in [5.41, 5.74) is 1.97. The van der Waals surface area contributed by atoms with Crippen LogP contribution in [0.2, 0.25) is 0 Å². The van der Waals surface area contributed by atoms with Gasteiger partial charge in [0.25, 0.3) is 5.91 Å². The number of para-hydroxylation sites is 1. The lowest BCUT2D eigenvalue weighted by Crippen LogP contribution is -2.49. The van der Waals surface area contributed by atoms with Crippen LogP contribution < -0.4 is 15.1 Å². The Balaban J connectivity index is 1.21. The first-order valence-electron chi connectivity index (χ1n) is 11.8. The number of pyridine rings is 1. The average molecular weight is 492 g/mol. The first-order chi connectivity index (χ1) is 17.4. The number of carbonyl (C=O) groups is 3. The zero-order valence-corrected chi connectivity index (χ0v) is 19.8. The van der Waals surface area contributed by atoms with Crippen LogP contribution in [0, 0.1) is 5.82 Å². The van der Waals surface area contributed by atoms with Crippen molar-refractivity contribution >= 4 is 40.2 Å². The molecule has 10 heteroatoms. The van der Waals surface area contributed by atoms with Gasteiger partial charge in [0.15, 0.2) is 0 Å². The van der Waals surface area contributed by atoms with Gasteiger partial charge in [0.2, 0.25) is 5.91 Å². The zero-order chi connectivity index (χ0) is 25.2. The average Bonchev–Trinajstić information content (AvgIpc) is 3.27. The second-order valence-corrected chi connectivity index (χ2v) is 8.86. The number of anilines is 2. The number of carbonyl (C=O) groups excluding carboxylic acids is 3. The van der Waals surface area contributed by atoms with Crippen molar-refractivity contribution in [3.63, 3.8) is 0 Å². The van der Waals surface area contributed by atoms with E-state index in [1.807, 2.05) is 35.2 Å². The molecule has 0 spiro atoms. The van der Waals surface area contributed by atoms with E-state index in [4.69, 9.17) is 4.74 Å². The number of hydrogen-bond donors (Lipinski definition) is 1. The zero-order valence-electron chi connectivity index (χ0n) is 19.8. The lowest BCUT2D eigenvalue weighted by Gasteiger charge is -2.36. The predicted octanol–water partition coefficient (Wildman–Crippen LogP) is 2.80. The largest absolute Gasteiger partial charge is 0.442 e. The number of fused-ring (bicyclic) bond motifs is 1. The van der Waals surface area contributed by atoms with Crippen LogP contribution in [-0.2, 0) is 9.53 Å². The minimum Gasteiger partial charge on any atom is -0.442 e. The Labute approximate surface area is 207 Å². The molecule has 3 heterocycles. The van der Waals surface area contributed by atoms with Crippen LogP contribution >= 0.6 is 0 Å². The van der Waals surface area contributed by atoms with Crippen molar-refractivity contribution in [3.8, 4) is 0 Å². The number of piperazine rings is 1. The molecule has 0 aliphatic carbocycles. The normalized spacial score (nSPS) is 17.9. The van der Waals surface area contributed by atoms with Crippen molar-refractivity contribution in [1.82, 2.24) is 15.2 Å². The van der Waals surface area contributed by atoms with Crippen molar-refractivity contribution in [2.24, 2.45) is 0 Å². The summed E-state index contributed by atoms with van der Waals surface area (Å²) >= 11 is 0. The Kier molecular flexibility index (Phi) is 6.41. The van der Waals surface area contributed by atoms with E-state index in [0.29, 0.717) is 43.2 Å². The lowest BCUT2D eigenvalue weighted by atomic mass is 10.1. The second kappa shape index (κ2) is 9.80. The predicted molar refractivity (Wildman–Crippen MR) is 133 cm³/mol. The summed E-state index contributed by atoms with van der Waals surface area (Å²) in [7, 11) is 0. The van der Waals surface area contributed by atoms with Crippen molar-refractivity contribution in [3.05, 3.63) is 66.1 Å². The smallest absolute Gasteiger partial charge is 0.414 e. The Morgan fingerprint density at radius 2 is 1.86 bits per heavy atom. The fraction of sp³-hybridized carbons (Fsp3) is 0.308. The fourth-order valence-electron chi connectivity index (χ4n) is 4.51. The SMILES string of the molecule is CC(=O)NC[C@H]1CN(c2ccc(N3CCN(C(=O)c4ccc5ccccc5n4)CC3)c(F)c2)C(=O)O1. The number of nitrogens with one attached hydrogen (secondary N) is 1. The van der Waals surface area contributed by atoms with Crippen LogP contribution in [0.1, 0.15) is 17.4 Å². The highest BCUT2D eigenvalue weighted by molar-refractivity contribution is 5.95. The number of nitrogens with zero attached hydrogens (tertiary/aromatic N) is 4. The monoisotopic (exact) mass is 491 g/mol. The number of hydrogen-bond acceptors (Lipinski definition) is 6. The van der Waals surface area contributed by atoms with Crippen molar-refractivity contribution < 1.29 is 23.5 Å². The van der Waals surface area contributed by atoms with Crippen LogP contribution in [0.25, 0.3) is 10.9 Å². The molecule has 2 fully saturated rings. The Hall–Kier alpha value is -4.21. The van der Waals surface area contributed by atoms with E-state index < -0.39 is 18.0 Å². The maximum Gasteiger partial charge on any atom is 0.414 e. The lowest BCUT2D eigenvalue weighted by molar-refractivity contribution is -0.119. The first kappa shape index (κ1) is 23.5. The molecule has 186 valence electrons. The third-order valence-corrected chi connectivity index (χ3v) is 6.42. The van der Waals surface area contributed by atoms with E-state index >= 15 is 4.39 Å². The van der Waals surface area contributed by atoms with Crippen LogP contribution in [0.5, 0.6) is 0 Å². The Morgan fingerprint density at radius 3 is 2.61 bits per heavy atom. The number of halogens is 1. The van der Waals surface area contributed by atoms with Gasteiger partial charge >= 0.3 is 6.09 Å². The number of ether oxygens (including phenoxy) is 1. The molecular formula is C26H26FN5O4. The molecule has 0 bridgehead atoms. The summed E-state index contributed by atoms with van der Waals surface area (Å²) in [6, 6.07) is 15.9. The van der Waals surface area contributed by atoms with Gasteiger partial charge in [-0.1, -0.05) is 24.3 Å². The molecule has 1 atom stereocenters. The number of benzene rings is 2. The maximum atomic E-state index is 15.1. The van der Waals surface area contributed by atoms with E-state index in [1.165, 1.54) is 17.9 Å². The first-order valence-corrected chi connectivity index (χ1v) is 11.8. The number of amides is 3. The summed E-state index contributed by atoms with van der Waals surface area (Å²) in [5, 5.41) is 3.59. The third-order valence-electron chi connectivity index (χ3n) is 6.42. The van der Waals surface area contributed by atoms with Gasteiger partial charge in [0, 0.05) is 38.5 Å². The van der Waals surface area contributed by atoms with Crippen molar-refractivity contribution in [1.29, 1.82) is 0 Å². The van der Waals surface area contributed by atoms with Crippen molar-refractivity contribution in [2.45, 2.75) is 13.0 Å². The molecule has 5 rings (SSSR count). The van der Waals surface area contributed by atoms with Gasteiger partial charge in [-0.2, -0.15) is 0 Å². The summed E-state index contributed by atoms with van der Waals surface area (Å²) in [5.74, 6) is -0.811. The van der Waals surface area contributed by atoms with Gasteiger partial charge in [-0.05, 0) is 30.3 Å². The Morgan fingerprint density at radius 1 is 1.08 bits per heavy atom. The van der Waals surface area contributed by atoms with Gasteiger partial charge in [0.05, 0.1) is 30.0 Å². The molecular weight excluding hydrogens is 465 g/mol. The summed E-state index contributed by atoms with van der Waals surface area (Å²) < 4.78 is 20.3. The molecule has 36 heavy (non-hydrogen) atoms. The third kappa shape index (κ3) is 4.79. The highest BCUT2D eigenvalue weighted by Gasteiger charge is 2.33. The highest BCUT2D eigenvalue weighted by Crippen LogP contribution is 2.28. The van der Waals surface area contributed by atoms with E-state index in [0.717, 1.165) is 10.9 Å². The summed E-state index contributed by atoms with van der Waals surface area (Å²) in [6.45, 7) is 3.64. The van der Waals surface area contributed by atoms with E-state index in [1.54, 1.807) is 23.1 Å². The molecule has 2 saturated heterocycles. The molecule has 0 unspecified atom stereocenters. The maximum absolute atomic E-state index is 15.1. The Bertz CT molecular complexity index is 1320. The van der Waals surface area contributed by atoms with Crippen LogP contribution in [0.4, 0.5) is 20.6 Å². The van der Waals surface area contributed by atoms with E-state index in [9.17, 15) is 14.4 Å². The topological polar surface area (TPSA) is 95.1 Å². The molecule has 1 aromatic heterocycles. The number of aromatic nitrogens is 1. The summed E-state index contributed by atoms with van der Waals surface area (Å²) in [6.07, 6.45) is -1.07. The van der Waals surface area contributed by atoms with Gasteiger partial charge < -0.3 is 19.9 Å². The van der Waals surface area contributed by atoms with Gasteiger partial charge in [0.1, 0.15) is 17.6 Å². The van der Waals surface area contributed by atoms with Gasteiger partial charge in [-0.25, -0.2) is 14.2 Å². The molecule has 2 aliphatic heterocycles. The van der Waals surface area contributed by atoms with Crippen LogP contribution in [-0.4, -0.2) is 73.2 Å². The molecule has 9 nitrogen and oxygen atoms in total. The molecule has 1 N–H and O–H groups in total. The fourth-order valence-corrected chi connectivity index (χ4v) is 4.51. The minimum absolute atomic E-state index is 0.141. The van der Waals surface area contributed by atoms with Crippen LogP contribution in [0.15, 0.2) is 54.6 Å². The number of cyclic esters (lactones) is 1. The minimum atomic E-state index is -0.577. The quantitative estimate of drug-likeness (QED) is 0.590. The van der Waals surface area contributed by atoms with E-state index in [-0.39, 0.29) is 24.9 Å². The molecule has 3 amide bonds. The molecule has 3 aromatic rings. The van der Waals surface area contributed by atoms with Gasteiger partial charge in [-0.15, -0.1) is 0 Å². The van der Waals surface area contributed by atoms with Gasteiger partial charge in [-0.3, -0.25) is 14.5 Å². The molecule has 0 saturated carbocycles. The van der Waals surface area contributed by atoms with Crippen molar-refractivity contribution in [2.75, 3.05) is 49.1 Å². The molecule has 2 aromatic carbocycles. The summed E-state index contributed by atoms with van der Waals surface area (Å²) in [4.78, 5) is 45.8. The molecule has 0 radical (unpaired) electrons. The molecule has 2 aliphatic rings. The van der Waals surface area contributed by atoms with E-state index in [2.05, 4.69) is 10.3 Å². The standard InChI is InChI=1S/C26H26FN5O4/c1-17(33)28-15-20-16-32(26(35)36-20)19-7-9-24(21(27)14-19)30-10-12-31(13-11-30)25(34)23-8-6-18-4-2-3-5-22(18)29-23/h2-9,14,20H,10-13,15-16H2,1H3,(H,28,33)/t20-/m0/s1. The van der Waals surface area contributed by atoms with Crippen LogP contribution in [0.3, 0.4) is 0 Å². The highest BCUT2D eigenvalue weighted by atomic mass is 19.1.